The summed E-state index contributed by atoms with van der Waals surface area (Å²) in [4.78, 5) is 18.2. The van der Waals surface area contributed by atoms with Crippen LogP contribution in [-0.4, -0.2) is 27.5 Å². The normalized spacial score (nSPS) is 11.1. The van der Waals surface area contributed by atoms with Crippen molar-refractivity contribution in [2.75, 3.05) is 12.4 Å². The molecule has 0 aromatic carbocycles. The number of ether oxygens (including phenoxy) is 1. The van der Waals surface area contributed by atoms with Crippen LogP contribution in [0.25, 0.3) is 0 Å². The first-order valence-corrected chi connectivity index (χ1v) is 5.79. The van der Waals surface area contributed by atoms with Crippen LogP contribution in [0.2, 0.25) is 0 Å². The Labute approximate surface area is 106 Å². The van der Waals surface area contributed by atoms with Crippen LogP contribution >= 0.6 is 0 Å². The summed E-state index contributed by atoms with van der Waals surface area (Å²) < 4.78 is 4.90. The van der Waals surface area contributed by atoms with Crippen molar-refractivity contribution in [3.8, 4) is 5.88 Å². The van der Waals surface area contributed by atoms with E-state index in [0.717, 1.165) is 12.8 Å². The van der Waals surface area contributed by atoms with Gasteiger partial charge in [0.2, 0.25) is 5.82 Å². The topological polar surface area (TPSA) is 90.2 Å². The summed E-state index contributed by atoms with van der Waals surface area (Å²) in [5, 5.41) is 14.2. The lowest BCUT2D eigenvalue weighted by Crippen LogP contribution is -2.33. The van der Waals surface area contributed by atoms with Crippen LogP contribution in [-0.2, 0) is 0 Å². The Morgan fingerprint density at radius 1 is 1.44 bits per heavy atom. The van der Waals surface area contributed by atoms with E-state index < -0.39 is 4.92 Å². The molecule has 18 heavy (non-hydrogen) atoms. The summed E-state index contributed by atoms with van der Waals surface area (Å²) in [6.45, 7) is 6.02. The molecule has 1 N–H and O–H groups in total. The molecule has 100 valence electrons. The Morgan fingerprint density at radius 3 is 2.50 bits per heavy atom. The van der Waals surface area contributed by atoms with Crippen molar-refractivity contribution in [3.63, 3.8) is 0 Å². The monoisotopic (exact) mass is 254 g/mol. The lowest BCUT2D eigenvalue weighted by Gasteiger charge is -2.28. The second-order valence-corrected chi connectivity index (χ2v) is 4.23. The molecule has 0 atom stereocenters. The highest BCUT2D eigenvalue weighted by molar-refractivity contribution is 5.62. The minimum Gasteiger partial charge on any atom is -0.476 e. The van der Waals surface area contributed by atoms with Crippen molar-refractivity contribution < 1.29 is 9.66 Å². The number of aromatic nitrogens is 2. The van der Waals surface area contributed by atoms with Crippen molar-refractivity contribution in [3.05, 3.63) is 16.4 Å². The highest BCUT2D eigenvalue weighted by atomic mass is 16.6. The molecule has 0 aliphatic rings. The molecule has 7 nitrogen and oxygen atoms in total. The lowest BCUT2D eigenvalue weighted by atomic mass is 9.95. The zero-order valence-corrected chi connectivity index (χ0v) is 11.1. The van der Waals surface area contributed by atoms with E-state index in [-0.39, 0.29) is 22.9 Å². The van der Waals surface area contributed by atoms with Crippen molar-refractivity contribution in [2.24, 2.45) is 0 Å². The number of hydrogen-bond acceptors (Lipinski definition) is 6. The number of rotatable bonds is 6. The summed E-state index contributed by atoms with van der Waals surface area (Å²) in [6, 6.07) is 0. The molecule has 1 aromatic heterocycles. The van der Waals surface area contributed by atoms with E-state index in [9.17, 15) is 10.1 Å². The van der Waals surface area contributed by atoms with Gasteiger partial charge >= 0.3 is 5.69 Å². The number of nitro groups is 1. The van der Waals surface area contributed by atoms with Gasteiger partial charge in [0.1, 0.15) is 6.33 Å². The summed E-state index contributed by atoms with van der Waals surface area (Å²) in [7, 11) is 1.35. The second kappa shape index (κ2) is 5.61. The molecule has 1 heterocycles. The van der Waals surface area contributed by atoms with E-state index in [1.165, 1.54) is 13.4 Å². The molecule has 0 unspecified atom stereocenters. The Kier molecular flexibility index (Phi) is 4.41. The van der Waals surface area contributed by atoms with Gasteiger partial charge in [0.15, 0.2) is 0 Å². The predicted molar refractivity (Wildman–Crippen MR) is 67.8 cm³/mol. The molecule has 0 spiro atoms. The van der Waals surface area contributed by atoms with Crippen LogP contribution in [0.3, 0.4) is 0 Å². The van der Waals surface area contributed by atoms with E-state index in [4.69, 9.17) is 4.74 Å². The zero-order chi connectivity index (χ0) is 13.8. The average molecular weight is 254 g/mol. The minimum atomic E-state index is -0.535. The van der Waals surface area contributed by atoms with Gasteiger partial charge in [0, 0.05) is 5.54 Å². The molecule has 1 aromatic rings. The third-order valence-electron chi connectivity index (χ3n) is 3.15. The quantitative estimate of drug-likeness (QED) is 0.619. The van der Waals surface area contributed by atoms with E-state index in [1.54, 1.807) is 0 Å². The van der Waals surface area contributed by atoms with Crippen LogP contribution in [0.5, 0.6) is 5.88 Å². The van der Waals surface area contributed by atoms with Gasteiger partial charge in [-0.15, -0.1) is 0 Å². The first kappa shape index (κ1) is 14.1. The fraction of sp³-hybridized carbons (Fsp3) is 0.636. The van der Waals surface area contributed by atoms with Crippen LogP contribution in [0.1, 0.15) is 33.6 Å². The Hall–Kier alpha value is -1.92. The maximum Gasteiger partial charge on any atom is 0.372 e. The van der Waals surface area contributed by atoms with Gasteiger partial charge in [-0.2, -0.15) is 4.98 Å². The molecule has 0 radical (unpaired) electrons. The number of hydrogen-bond donors (Lipinski definition) is 1. The van der Waals surface area contributed by atoms with Crippen molar-refractivity contribution in [1.82, 2.24) is 9.97 Å². The standard InChI is InChI=1S/C11H18N4O3/c1-5-11(3,6-2)14-9-8(15(16)17)10(18-4)13-7-12-9/h7H,5-6H2,1-4H3,(H,12,13,14). The molecule has 1 rings (SSSR count). The number of methoxy groups -OCH3 is 1. The van der Waals surface area contributed by atoms with Gasteiger partial charge in [-0.25, -0.2) is 4.98 Å². The Bertz CT molecular complexity index is 432. The van der Waals surface area contributed by atoms with Crippen molar-refractivity contribution in [2.45, 2.75) is 39.2 Å². The fourth-order valence-corrected chi connectivity index (χ4v) is 1.48. The average Bonchev–Trinajstić information content (AvgIpc) is 2.37. The molecular formula is C11H18N4O3. The number of anilines is 1. The largest absolute Gasteiger partial charge is 0.476 e. The van der Waals surface area contributed by atoms with Gasteiger partial charge in [-0.3, -0.25) is 10.1 Å². The fourth-order valence-electron chi connectivity index (χ4n) is 1.48. The molecule has 0 amide bonds. The summed E-state index contributed by atoms with van der Waals surface area (Å²) >= 11 is 0. The number of nitrogens with zero attached hydrogens (tertiary/aromatic N) is 3. The summed E-state index contributed by atoms with van der Waals surface area (Å²) in [6.07, 6.45) is 2.90. The van der Waals surface area contributed by atoms with Crippen molar-refractivity contribution in [1.29, 1.82) is 0 Å². The number of nitrogens with one attached hydrogen (secondary N) is 1. The smallest absolute Gasteiger partial charge is 0.372 e. The second-order valence-electron chi connectivity index (χ2n) is 4.23. The van der Waals surface area contributed by atoms with Crippen molar-refractivity contribution >= 4 is 11.5 Å². The maximum absolute atomic E-state index is 11.1. The van der Waals surface area contributed by atoms with E-state index in [2.05, 4.69) is 15.3 Å². The van der Waals surface area contributed by atoms with E-state index in [0.29, 0.717) is 0 Å². The molecule has 0 aliphatic heterocycles. The summed E-state index contributed by atoms with van der Waals surface area (Å²) in [5.74, 6) is 0.158. The highest BCUT2D eigenvalue weighted by Gasteiger charge is 2.29. The van der Waals surface area contributed by atoms with Gasteiger partial charge < -0.3 is 10.1 Å². The molecule has 0 aliphatic carbocycles. The predicted octanol–water partition coefficient (Wildman–Crippen LogP) is 2.38. The molecule has 0 fully saturated rings. The zero-order valence-electron chi connectivity index (χ0n) is 11.1. The van der Waals surface area contributed by atoms with Crippen LogP contribution < -0.4 is 10.1 Å². The third kappa shape index (κ3) is 2.85. The van der Waals surface area contributed by atoms with Crippen LogP contribution in [0.15, 0.2) is 6.33 Å². The van der Waals surface area contributed by atoms with E-state index >= 15 is 0 Å². The molecule has 7 heteroatoms. The third-order valence-corrected chi connectivity index (χ3v) is 3.15. The SMILES string of the molecule is CCC(C)(CC)Nc1ncnc(OC)c1[N+](=O)[O-]. The van der Waals surface area contributed by atoms with Gasteiger partial charge in [0.25, 0.3) is 5.88 Å². The van der Waals surface area contributed by atoms with Gasteiger partial charge in [-0.1, -0.05) is 13.8 Å². The molecule has 0 bridgehead atoms. The van der Waals surface area contributed by atoms with Crippen LogP contribution in [0.4, 0.5) is 11.5 Å². The minimum absolute atomic E-state index is 0.0351. The van der Waals surface area contributed by atoms with Gasteiger partial charge in [0.05, 0.1) is 12.0 Å². The molecule has 0 saturated carbocycles. The highest BCUT2D eigenvalue weighted by Crippen LogP contribution is 2.33. The maximum atomic E-state index is 11.1. The molecule has 0 saturated heterocycles. The Balaban J connectivity index is 3.20. The van der Waals surface area contributed by atoms with Gasteiger partial charge in [-0.05, 0) is 19.8 Å². The summed E-state index contributed by atoms with van der Waals surface area (Å²) in [5.41, 5.74) is -0.474. The Morgan fingerprint density at radius 2 is 2.06 bits per heavy atom. The molecular weight excluding hydrogens is 236 g/mol. The first-order valence-electron chi connectivity index (χ1n) is 5.79. The lowest BCUT2D eigenvalue weighted by molar-refractivity contribution is -0.385. The van der Waals surface area contributed by atoms with Crippen LogP contribution in [0, 0.1) is 10.1 Å². The first-order chi connectivity index (χ1) is 8.47. The van der Waals surface area contributed by atoms with E-state index in [1.807, 2.05) is 20.8 Å².